The molecule has 0 bridgehead atoms. The zero-order valence-corrected chi connectivity index (χ0v) is 17.3. The topological polar surface area (TPSA) is 71.4 Å². The van der Waals surface area contributed by atoms with Gasteiger partial charge in [0.25, 0.3) is 10.0 Å². The average Bonchev–Trinajstić information content (AvgIpc) is 3.38. The summed E-state index contributed by atoms with van der Waals surface area (Å²) >= 11 is 1.23. The van der Waals surface area contributed by atoms with Crippen molar-refractivity contribution in [3.05, 3.63) is 48.0 Å². The van der Waals surface area contributed by atoms with Gasteiger partial charge in [0.15, 0.2) is 0 Å². The maximum absolute atomic E-state index is 12.7. The number of fused-ring (bicyclic) bond motifs is 1. The molecule has 1 fully saturated rings. The maximum Gasteiger partial charge on any atom is 0.252 e. The van der Waals surface area contributed by atoms with Crippen molar-refractivity contribution in [2.24, 2.45) is 5.92 Å². The molecule has 1 amide bonds. The Hall–Kier alpha value is -2.16. The summed E-state index contributed by atoms with van der Waals surface area (Å²) in [5.41, 5.74) is 1.92. The van der Waals surface area contributed by atoms with E-state index >= 15 is 0 Å². The molecular weight excluding hydrogens is 394 g/mol. The molecule has 148 valence electrons. The van der Waals surface area contributed by atoms with Crippen LogP contribution < -0.4 is 5.32 Å². The number of hydrogen-bond acceptors (Lipinski definition) is 4. The summed E-state index contributed by atoms with van der Waals surface area (Å²) < 4.78 is 29.2. The number of benzene rings is 1. The second kappa shape index (κ2) is 7.69. The van der Waals surface area contributed by atoms with E-state index < -0.39 is 10.0 Å². The van der Waals surface area contributed by atoms with Crippen LogP contribution in [0.1, 0.15) is 19.8 Å². The van der Waals surface area contributed by atoms with Crippen molar-refractivity contribution < 1.29 is 13.2 Å². The second-order valence-corrected chi connectivity index (χ2v) is 10.1. The molecule has 1 aromatic carbocycles. The predicted molar refractivity (Wildman–Crippen MR) is 112 cm³/mol. The Morgan fingerprint density at radius 2 is 2.00 bits per heavy atom. The Morgan fingerprint density at radius 3 is 2.68 bits per heavy atom. The molecule has 3 aromatic rings. The molecule has 6 nitrogen and oxygen atoms in total. The SMILES string of the molecule is CCn1ccc2cc(NC(=O)C3CCN(S(=O)(=O)c4cccs4)CC3)ccc21. The van der Waals surface area contributed by atoms with E-state index in [2.05, 4.69) is 16.8 Å². The monoisotopic (exact) mass is 417 g/mol. The third-order valence-electron chi connectivity index (χ3n) is 5.29. The van der Waals surface area contributed by atoms with E-state index in [1.54, 1.807) is 17.5 Å². The van der Waals surface area contributed by atoms with E-state index in [0.29, 0.717) is 30.1 Å². The van der Waals surface area contributed by atoms with E-state index in [9.17, 15) is 13.2 Å². The number of aromatic nitrogens is 1. The molecule has 0 atom stereocenters. The minimum absolute atomic E-state index is 0.0394. The fraction of sp³-hybridized carbons (Fsp3) is 0.350. The first-order chi connectivity index (χ1) is 13.5. The lowest BCUT2D eigenvalue weighted by molar-refractivity contribution is -0.120. The van der Waals surface area contributed by atoms with Gasteiger partial charge in [-0.3, -0.25) is 4.79 Å². The summed E-state index contributed by atoms with van der Waals surface area (Å²) in [5.74, 6) is -0.215. The Balaban J connectivity index is 1.39. The van der Waals surface area contributed by atoms with Crippen LogP contribution in [-0.4, -0.2) is 36.3 Å². The zero-order chi connectivity index (χ0) is 19.7. The fourth-order valence-electron chi connectivity index (χ4n) is 3.69. The normalized spacial score (nSPS) is 16.5. The van der Waals surface area contributed by atoms with Gasteiger partial charge < -0.3 is 9.88 Å². The number of carbonyl (C=O) groups excluding carboxylic acids is 1. The number of hydrogen-bond donors (Lipinski definition) is 1. The third kappa shape index (κ3) is 3.59. The van der Waals surface area contributed by atoms with Crippen molar-refractivity contribution in [2.45, 2.75) is 30.5 Å². The first-order valence-corrected chi connectivity index (χ1v) is 11.7. The highest BCUT2D eigenvalue weighted by atomic mass is 32.2. The molecule has 0 aliphatic carbocycles. The minimum atomic E-state index is -3.43. The van der Waals surface area contributed by atoms with Gasteiger partial charge >= 0.3 is 0 Å². The van der Waals surface area contributed by atoms with Gasteiger partial charge in [-0.05, 0) is 55.5 Å². The van der Waals surface area contributed by atoms with Gasteiger partial charge in [-0.1, -0.05) is 6.07 Å². The van der Waals surface area contributed by atoms with Crippen LogP contribution in [-0.2, 0) is 21.4 Å². The smallest absolute Gasteiger partial charge is 0.252 e. The highest BCUT2D eigenvalue weighted by Gasteiger charge is 2.32. The molecule has 2 aromatic heterocycles. The molecule has 0 unspecified atom stereocenters. The summed E-state index contributed by atoms with van der Waals surface area (Å²) in [6, 6.07) is 11.3. The zero-order valence-electron chi connectivity index (χ0n) is 15.7. The minimum Gasteiger partial charge on any atom is -0.348 e. The number of nitrogens with one attached hydrogen (secondary N) is 1. The number of anilines is 1. The Labute approximate surface area is 168 Å². The molecule has 1 N–H and O–H groups in total. The lowest BCUT2D eigenvalue weighted by atomic mass is 9.97. The number of carbonyl (C=O) groups is 1. The van der Waals surface area contributed by atoms with Gasteiger partial charge in [0.05, 0.1) is 0 Å². The van der Waals surface area contributed by atoms with E-state index in [1.807, 2.05) is 30.5 Å². The summed E-state index contributed by atoms with van der Waals surface area (Å²) in [6.07, 6.45) is 3.11. The quantitative estimate of drug-likeness (QED) is 0.687. The van der Waals surface area contributed by atoms with Crippen LogP contribution in [0.15, 0.2) is 52.2 Å². The number of amides is 1. The van der Waals surface area contributed by atoms with Gasteiger partial charge in [-0.2, -0.15) is 4.31 Å². The van der Waals surface area contributed by atoms with Crippen LogP contribution in [0.25, 0.3) is 10.9 Å². The summed E-state index contributed by atoms with van der Waals surface area (Å²) in [4.78, 5) is 12.7. The van der Waals surface area contributed by atoms with Gasteiger partial charge in [-0.15, -0.1) is 11.3 Å². The molecule has 8 heteroatoms. The number of aryl methyl sites for hydroxylation is 1. The van der Waals surface area contributed by atoms with Crippen molar-refractivity contribution in [3.8, 4) is 0 Å². The molecule has 1 aliphatic rings. The first kappa shape index (κ1) is 19.2. The standard InChI is InChI=1S/C20H23N3O3S2/c1-2-22-10-7-16-14-17(5-6-18(16)22)21-20(24)15-8-11-23(12-9-15)28(25,26)19-4-3-13-27-19/h3-7,10,13-15H,2,8-9,11-12H2,1H3,(H,21,24). The molecule has 3 heterocycles. The fourth-order valence-corrected chi connectivity index (χ4v) is 6.31. The van der Waals surface area contributed by atoms with Crippen LogP contribution >= 0.6 is 11.3 Å². The molecule has 4 rings (SSSR count). The number of sulfonamides is 1. The van der Waals surface area contributed by atoms with Crippen LogP contribution in [0.5, 0.6) is 0 Å². The number of nitrogens with zero attached hydrogens (tertiary/aromatic N) is 2. The van der Waals surface area contributed by atoms with Crippen molar-refractivity contribution in [2.75, 3.05) is 18.4 Å². The number of piperidine rings is 1. The van der Waals surface area contributed by atoms with Crippen LogP contribution in [0.2, 0.25) is 0 Å². The number of rotatable bonds is 5. The maximum atomic E-state index is 12.7. The Bertz CT molecular complexity index is 1080. The summed E-state index contributed by atoms with van der Waals surface area (Å²) in [5, 5.41) is 5.85. The lowest BCUT2D eigenvalue weighted by Gasteiger charge is -2.30. The Morgan fingerprint density at radius 1 is 1.21 bits per heavy atom. The van der Waals surface area contributed by atoms with Crippen LogP contribution in [0.3, 0.4) is 0 Å². The molecule has 1 saturated heterocycles. The Kier molecular flexibility index (Phi) is 5.27. The second-order valence-electron chi connectivity index (χ2n) is 6.98. The van der Waals surface area contributed by atoms with E-state index in [4.69, 9.17) is 0 Å². The highest BCUT2D eigenvalue weighted by molar-refractivity contribution is 7.91. The first-order valence-electron chi connectivity index (χ1n) is 9.42. The van der Waals surface area contributed by atoms with Gasteiger partial charge in [-0.25, -0.2) is 8.42 Å². The van der Waals surface area contributed by atoms with Gasteiger partial charge in [0, 0.05) is 48.3 Å². The molecular formula is C20H23N3O3S2. The van der Waals surface area contributed by atoms with Crippen LogP contribution in [0.4, 0.5) is 5.69 Å². The van der Waals surface area contributed by atoms with Crippen molar-refractivity contribution in [1.29, 1.82) is 0 Å². The van der Waals surface area contributed by atoms with Crippen LogP contribution in [0, 0.1) is 5.92 Å². The van der Waals surface area contributed by atoms with Crippen molar-refractivity contribution >= 4 is 43.9 Å². The van der Waals surface area contributed by atoms with Gasteiger partial charge in [0.2, 0.25) is 5.91 Å². The molecule has 1 aliphatic heterocycles. The van der Waals surface area contributed by atoms with Gasteiger partial charge in [0.1, 0.15) is 4.21 Å². The summed E-state index contributed by atoms with van der Waals surface area (Å²) in [7, 11) is -3.43. The molecule has 0 radical (unpaired) electrons. The molecule has 0 spiro atoms. The highest BCUT2D eigenvalue weighted by Crippen LogP contribution is 2.27. The largest absolute Gasteiger partial charge is 0.348 e. The molecule has 28 heavy (non-hydrogen) atoms. The predicted octanol–water partition coefficient (Wildman–Crippen LogP) is 3.76. The van der Waals surface area contributed by atoms with Crippen molar-refractivity contribution in [1.82, 2.24) is 8.87 Å². The number of thiophene rings is 1. The van der Waals surface area contributed by atoms with E-state index in [0.717, 1.165) is 23.1 Å². The van der Waals surface area contributed by atoms with E-state index in [1.165, 1.54) is 15.6 Å². The summed E-state index contributed by atoms with van der Waals surface area (Å²) in [6.45, 7) is 3.75. The lowest BCUT2D eigenvalue weighted by Crippen LogP contribution is -2.41. The molecule has 0 saturated carbocycles. The van der Waals surface area contributed by atoms with E-state index in [-0.39, 0.29) is 11.8 Å². The van der Waals surface area contributed by atoms with Crippen molar-refractivity contribution in [3.63, 3.8) is 0 Å². The third-order valence-corrected chi connectivity index (χ3v) is 8.56. The average molecular weight is 418 g/mol.